The number of anilines is 2. The van der Waals surface area contributed by atoms with Crippen molar-refractivity contribution in [1.82, 2.24) is 14.9 Å². The van der Waals surface area contributed by atoms with Gasteiger partial charge in [0.15, 0.2) is 0 Å². The molecule has 0 saturated heterocycles. The number of hydrazine groups is 1. The fourth-order valence-corrected chi connectivity index (χ4v) is 1.90. The van der Waals surface area contributed by atoms with Gasteiger partial charge in [-0.15, -0.1) is 0 Å². The third-order valence-electron chi connectivity index (χ3n) is 3.05. The zero-order valence-electron chi connectivity index (χ0n) is 12.6. The molecule has 1 heterocycles. The molecule has 0 amide bonds. The van der Waals surface area contributed by atoms with Gasteiger partial charge in [0.2, 0.25) is 0 Å². The van der Waals surface area contributed by atoms with Crippen molar-refractivity contribution >= 4 is 11.6 Å². The van der Waals surface area contributed by atoms with Crippen molar-refractivity contribution in [2.75, 3.05) is 51.1 Å². The van der Waals surface area contributed by atoms with Crippen LogP contribution in [0, 0.1) is 0 Å². The van der Waals surface area contributed by atoms with Crippen LogP contribution in [-0.4, -0.2) is 55.3 Å². The van der Waals surface area contributed by atoms with Crippen molar-refractivity contribution < 1.29 is 4.74 Å². The smallest absolute Gasteiger partial charge is 0.148 e. The van der Waals surface area contributed by atoms with Crippen molar-refractivity contribution in [3.63, 3.8) is 0 Å². The molecule has 0 aliphatic rings. The van der Waals surface area contributed by atoms with Gasteiger partial charge in [0.25, 0.3) is 0 Å². The van der Waals surface area contributed by atoms with E-state index < -0.39 is 0 Å². The molecule has 0 atom stereocenters. The van der Waals surface area contributed by atoms with Gasteiger partial charge in [-0.1, -0.05) is 13.3 Å². The summed E-state index contributed by atoms with van der Waals surface area (Å²) in [4.78, 5) is 10.7. The minimum absolute atomic E-state index is 0.692. The van der Waals surface area contributed by atoms with E-state index in [4.69, 9.17) is 10.6 Å². The average Bonchev–Trinajstić information content (AvgIpc) is 2.46. The summed E-state index contributed by atoms with van der Waals surface area (Å²) >= 11 is 0. The molecule has 0 fully saturated rings. The predicted molar refractivity (Wildman–Crippen MR) is 81.7 cm³/mol. The number of nitrogens with zero attached hydrogens (tertiary/aromatic N) is 3. The number of likely N-dealkylation sites (N-methyl/N-ethyl adjacent to an activating group) is 1. The van der Waals surface area contributed by atoms with Crippen LogP contribution in [0.3, 0.4) is 0 Å². The number of nitrogens with one attached hydrogen (secondary N) is 2. The van der Waals surface area contributed by atoms with Crippen molar-refractivity contribution in [3.05, 3.63) is 11.9 Å². The molecule has 1 aromatic rings. The Labute approximate surface area is 120 Å². The van der Waals surface area contributed by atoms with E-state index in [9.17, 15) is 0 Å². The van der Waals surface area contributed by atoms with Crippen LogP contribution in [0.15, 0.2) is 6.33 Å². The molecule has 7 heteroatoms. The number of nitrogens with two attached hydrogens (primary N) is 1. The van der Waals surface area contributed by atoms with E-state index in [2.05, 4.69) is 39.6 Å². The second-order valence-electron chi connectivity index (χ2n) is 4.67. The maximum absolute atomic E-state index is 5.49. The Morgan fingerprint density at radius 3 is 2.70 bits per heavy atom. The highest BCUT2D eigenvalue weighted by atomic mass is 16.5. The lowest BCUT2D eigenvalue weighted by atomic mass is 10.1. The molecule has 0 aromatic carbocycles. The largest absolute Gasteiger partial charge is 0.383 e. The Hall–Kier alpha value is -1.44. The molecule has 0 bridgehead atoms. The second kappa shape index (κ2) is 9.46. The Bertz CT molecular complexity index is 387. The standard InChI is InChI=1S/C13H26N6O/c1-4-5-11-12(16-10-17-13(11)18-14)15-6-7-19(2)8-9-20-3/h10H,4-9,14H2,1-3H3,(H2,15,16,17,18). The van der Waals surface area contributed by atoms with E-state index in [1.54, 1.807) is 7.11 Å². The summed E-state index contributed by atoms with van der Waals surface area (Å²) in [6.45, 7) is 5.52. The van der Waals surface area contributed by atoms with Crippen LogP contribution in [0.1, 0.15) is 18.9 Å². The number of nitrogen functional groups attached to an aromatic ring is 1. The normalized spacial score (nSPS) is 10.8. The van der Waals surface area contributed by atoms with E-state index in [1.807, 2.05) is 0 Å². The third kappa shape index (κ3) is 5.28. The maximum Gasteiger partial charge on any atom is 0.148 e. The summed E-state index contributed by atoms with van der Waals surface area (Å²) in [5, 5.41) is 3.35. The zero-order valence-corrected chi connectivity index (χ0v) is 12.6. The molecule has 1 aromatic heterocycles. The molecule has 114 valence electrons. The highest BCUT2D eigenvalue weighted by molar-refractivity contribution is 5.56. The number of aromatic nitrogens is 2. The van der Waals surface area contributed by atoms with Crippen LogP contribution in [0.2, 0.25) is 0 Å². The molecule has 0 unspecified atom stereocenters. The van der Waals surface area contributed by atoms with Crippen molar-refractivity contribution in [1.29, 1.82) is 0 Å². The van der Waals surface area contributed by atoms with Gasteiger partial charge in [0.05, 0.1) is 6.61 Å². The number of methoxy groups -OCH3 is 1. The Kier molecular flexibility index (Phi) is 7.86. The first kappa shape index (κ1) is 16.6. The van der Waals surface area contributed by atoms with Gasteiger partial charge in [-0.25, -0.2) is 15.8 Å². The van der Waals surface area contributed by atoms with Crippen LogP contribution in [-0.2, 0) is 11.2 Å². The molecule has 0 saturated carbocycles. The summed E-state index contributed by atoms with van der Waals surface area (Å²) in [5.74, 6) is 7.04. The zero-order chi connectivity index (χ0) is 14.8. The molecule has 20 heavy (non-hydrogen) atoms. The fraction of sp³-hybridized carbons (Fsp3) is 0.692. The van der Waals surface area contributed by atoms with E-state index in [0.29, 0.717) is 5.82 Å². The first-order valence-electron chi connectivity index (χ1n) is 6.94. The van der Waals surface area contributed by atoms with Crippen molar-refractivity contribution in [3.8, 4) is 0 Å². The number of rotatable bonds is 10. The minimum atomic E-state index is 0.692. The van der Waals surface area contributed by atoms with E-state index in [1.165, 1.54) is 6.33 Å². The third-order valence-corrected chi connectivity index (χ3v) is 3.05. The number of ether oxygens (including phenoxy) is 1. The summed E-state index contributed by atoms with van der Waals surface area (Å²) in [6, 6.07) is 0. The van der Waals surface area contributed by atoms with E-state index >= 15 is 0 Å². The van der Waals surface area contributed by atoms with Gasteiger partial charge in [0, 0.05) is 32.3 Å². The van der Waals surface area contributed by atoms with Crippen molar-refractivity contribution in [2.24, 2.45) is 5.84 Å². The van der Waals surface area contributed by atoms with Gasteiger partial charge in [0.1, 0.15) is 18.0 Å². The lowest BCUT2D eigenvalue weighted by Crippen LogP contribution is -2.28. The van der Waals surface area contributed by atoms with Crippen LogP contribution in [0.25, 0.3) is 0 Å². The van der Waals surface area contributed by atoms with Gasteiger partial charge in [-0.05, 0) is 13.5 Å². The highest BCUT2D eigenvalue weighted by Gasteiger charge is 2.09. The molecule has 0 radical (unpaired) electrons. The SMILES string of the molecule is CCCc1c(NN)ncnc1NCCN(C)CCOC. The number of hydrogen-bond acceptors (Lipinski definition) is 7. The van der Waals surface area contributed by atoms with Gasteiger partial charge < -0.3 is 20.4 Å². The monoisotopic (exact) mass is 282 g/mol. The lowest BCUT2D eigenvalue weighted by molar-refractivity contribution is 0.163. The molecule has 1 rings (SSSR count). The molecule has 4 N–H and O–H groups in total. The number of hydrogen-bond donors (Lipinski definition) is 3. The summed E-state index contributed by atoms with van der Waals surface area (Å²) in [7, 11) is 3.78. The minimum Gasteiger partial charge on any atom is -0.383 e. The van der Waals surface area contributed by atoms with Crippen LogP contribution < -0.4 is 16.6 Å². The molecule has 0 aliphatic carbocycles. The predicted octanol–water partition coefficient (Wildman–Crippen LogP) is 0.705. The van der Waals surface area contributed by atoms with Crippen LogP contribution >= 0.6 is 0 Å². The first-order valence-corrected chi connectivity index (χ1v) is 6.94. The average molecular weight is 282 g/mol. The Morgan fingerprint density at radius 2 is 2.05 bits per heavy atom. The molecule has 0 aliphatic heterocycles. The Morgan fingerprint density at radius 1 is 1.30 bits per heavy atom. The summed E-state index contributed by atoms with van der Waals surface area (Å²) < 4.78 is 5.05. The first-order chi connectivity index (χ1) is 9.72. The topological polar surface area (TPSA) is 88.3 Å². The maximum atomic E-state index is 5.49. The van der Waals surface area contributed by atoms with Gasteiger partial charge in [-0.2, -0.15) is 0 Å². The molecular formula is C13H26N6O. The molecule has 0 spiro atoms. The Balaban J connectivity index is 2.54. The lowest BCUT2D eigenvalue weighted by Gasteiger charge is -2.18. The summed E-state index contributed by atoms with van der Waals surface area (Å²) in [6.07, 6.45) is 3.43. The molecular weight excluding hydrogens is 256 g/mol. The quantitative estimate of drug-likeness (QED) is 0.430. The van der Waals surface area contributed by atoms with Crippen LogP contribution in [0.5, 0.6) is 0 Å². The highest BCUT2D eigenvalue weighted by Crippen LogP contribution is 2.20. The fourth-order valence-electron chi connectivity index (χ4n) is 1.90. The van der Waals surface area contributed by atoms with E-state index in [0.717, 1.165) is 50.5 Å². The summed E-state index contributed by atoms with van der Waals surface area (Å²) in [5.41, 5.74) is 3.67. The van der Waals surface area contributed by atoms with Crippen molar-refractivity contribution in [2.45, 2.75) is 19.8 Å². The van der Waals surface area contributed by atoms with Gasteiger partial charge >= 0.3 is 0 Å². The molecule has 7 nitrogen and oxygen atoms in total. The second-order valence-corrected chi connectivity index (χ2v) is 4.67. The van der Waals surface area contributed by atoms with E-state index in [-0.39, 0.29) is 0 Å². The van der Waals surface area contributed by atoms with Crippen LogP contribution in [0.4, 0.5) is 11.6 Å². The van der Waals surface area contributed by atoms with Gasteiger partial charge in [-0.3, -0.25) is 0 Å².